The highest BCUT2D eigenvalue weighted by Crippen LogP contribution is 2.36. The summed E-state index contributed by atoms with van der Waals surface area (Å²) in [4.78, 5) is 41.6. The first-order valence-electron chi connectivity index (χ1n) is 8.41. The molecule has 2 fully saturated rings. The van der Waals surface area contributed by atoms with E-state index >= 15 is 0 Å². The van der Waals surface area contributed by atoms with Crippen molar-refractivity contribution in [2.24, 2.45) is 5.73 Å². The first-order chi connectivity index (χ1) is 13.2. The summed E-state index contributed by atoms with van der Waals surface area (Å²) in [6.45, 7) is 0.924. The van der Waals surface area contributed by atoms with E-state index in [2.05, 4.69) is 10.3 Å². The summed E-state index contributed by atoms with van der Waals surface area (Å²) in [7, 11) is -4.60. The third-order valence-electron chi connectivity index (χ3n) is 4.48. The van der Waals surface area contributed by atoms with Crippen LogP contribution in [0.15, 0.2) is 23.4 Å². The van der Waals surface area contributed by atoms with Crippen molar-refractivity contribution in [2.45, 2.75) is 23.5 Å². The summed E-state index contributed by atoms with van der Waals surface area (Å²) >= 11 is 1.14. The Kier molecular flexibility index (Phi) is 5.88. The van der Waals surface area contributed by atoms with Crippen LogP contribution < -0.4 is 11.1 Å². The van der Waals surface area contributed by atoms with E-state index in [0.29, 0.717) is 28.0 Å². The Morgan fingerprint density at radius 2 is 2.14 bits per heavy atom. The molecule has 0 aliphatic carbocycles. The van der Waals surface area contributed by atoms with Gasteiger partial charge in [0.1, 0.15) is 6.04 Å². The zero-order chi connectivity index (χ0) is 20.5. The molecule has 0 radical (unpaired) electrons. The van der Waals surface area contributed by atoms with E-state index in [-0.39, 0.29) is 30.5 Å². The number of likely N-dealkylation sites (tertiary alicyclic amines) is 1. The Morgan fingerprint density at radius 3 is 2.75 bits per heavy atom. The lowest BCUT2D eigenvalue weighted by Gasteiger charge is -2.42. The summed E-state index contributed by atoms with van der Waals surface area (Å²) in [5.74, 6) is -1.41. The van der Waals surface area contributed by atoms with Crippen molar-refractivity contribution in [1.29, 1.82) is 0 Å². The predicted octanol–water partition coefficient (Wildman–Crippen LogP) is -1.52. The lowest BCUT2D eigenvalue weighted by atomic mass is 10.0. The monoisotopic (exact) mass is 429 g/mol. The predicted molar refractivity (Wildman–Crippen MR) is 98.6 cm³/mol. The quantitative estimate of drug-likeness (QED) is 0.265. The van der Waals surface area contributed by atoms with Gasteiger partial charge < -0.3 is 16.0 Å². The maximum absolute atomic E-state index is 12.4. The third kappa shape index (κ3) is 3.97. The number of nitrogens with zero attached hydrogens (tertiary/aromatic N) is 3. The number of rotatable bonds is 7. The zero-order valence-corrected chi connectivity index (χ0v) is 16.3. The number of β-lactam (4-membered cyclic amide) rings is 1. The molecular weight excluding hydrogens is 410 g/mol. The number of hydrogen-bond donors (Lipinski definition) is 3. The summed E-state index contributed by atoms with van der Waals surface area (Å²) in [6.07, 6.45) is 1.68. The lowest BCUT2D eigenvalue weighted by molar-refractivity contribution is -0.150. The van der Waals surface area contributed by atoms with E-state index in [9.17, 15) is 22.8 Å². The maximum atomic E-state index is 12.4. The molecule has 0 bridgehead atoms. The van der Waals surface area contributed by atoms with Gasteiger partial charge in [-0.25, -0.2) is 9.29 Å². The van der Waals surface area contributed by atoms with Crippen LogP contribution in [0.2, 0.25) is 0 Å². The van der Waals surface area contributed by atoms with E-state index in [1.54, 1.807) is 12.1 Å². The van der Waals surface area contributed by atoms with E-state index in [1.165, 1.54) is 11.1 Å². The highest BCUT2D eigenvalue weighted by molar-refractivity contribution is 7.99. The smallest absolute Gasteiger partial charge is 0.351 e. The number of carbonyl (C=O) groups excluding carboxylic acids is 3. The number of aromatic nitrogens is 1. The van der Waals surface area contributed by atoms with Crippen molar-refractivity contribution >= 4 is 39.8 Å². The second kappa shape index (κ2) is 8.03. The second-order valence-corrected chi connectivity index (χ2v) is 8.50. The van der Waals surface area contributed by atoms with Crippen LogP contribution in [0.5, 0.6) is 0 Å². The van der Waals surface area contributed by atoms with Crippen molar-refractivity contribution in [3.63, 3.8) is 0 Å². The third-order valence-corrected chi connectivity index (χ3v) is 6.35. The minimum atomic E-state index is -4.60. The minimum absolute atomic E-state index is 0.00803. The number of nitrogens with two attached hydrogens (primary N) is 1. The summed E-state index contributed by atoms with van der Waals surface area (Å²) < 4.78 is 31.9. The minimum Gasteiger partial charge on any atom is -0.351 e. The van der Waals surface area contributed by atoms with Crippen molar-refractivity contribution in [1.82, 2.24) is 19.5 Å². The molecule has 2 saturated heterocycles. The molecular formula is C15H19N5O6S2. The van der Waals surface area contributed by atoms with Gasteiger partial charge in [0.25, 0.3) is 11.8 Å². The molecule has 1 aromatic heterocycles. The molecule has 3 rings (SSSR count). The van der Waals surface area contributed by atoms with Crippen LogP contribution in [0.1, 0.15) is 16.8 Å². The molecule has 0 spiro atoms. The van der Waals surface area contributed by atoms with Gasteiger partial charge in [-0.2, -0.15) is 8.42 Å². The van der Waals surface area contributed by atoms with Gasteiger partial charge in [-0.15, -0.1) is 0 Å². The Hall–Kier alpha value is -2.22. The van der Waals surface area contributed by atoms with Gasteiger partial charge in [0.15, 0.2) is 0 Å². The Morgan fingerprint density at radius 1 is 1.39 bits per heavy atom. The fourth-order valence-electron chi connectivity index (χ4n) is 3.20. The molecule has 11 nitrogen and oxygen atoms in total. The highest BCUT2D eigenvalue weighted by atomic mass is 32.2. The Labute approximate surface area is 165 Å². The standard InChI is InChI=1S/C15H19N5O6S2/c16-4-5-17-14(22)9-1-2-11(18-7-9)27-8-12(21)19-6-3-10-13(19)15(23)20(10)28(24,25)26/h1-2,7,10,13H,3-6,8,16H2,(H,17,22)(H,24,25,26)/t10?,13-/m0/s1. The molecule has 3 amide bonds. The van der Waals surface area contributed by atoms with Crippen molar-refractivity contribution in [2.75, 3.05) is 25.4 Å². The van der Waals surface area contributed by atoms with Gasteiger partial charge in [-0.05, 0) is 18.6 Å². The van der Waals surface area contributed by atoms with Gasteiger partial charge in [-0.3, -0.25) is 18.9 Å². The molecule has 4 N–H and O–H groups in total. The molecule has 1 aromatic rings. The first kappa shape index (κ1) is 20.5. The SMILES string of the molecule is NCCNC(=O)c1ccc(SCC(=O)N2CCC3[C@H]2C(=O)N3S(=O)(=O)O)nc1. The summed E-state index contributed by atoms with van der Waals surface area (Å²) in [5.41, 5.74) is 5.70. The molecule has 2 aliphatic rings. The molecule has 0 aromatic carbocycles. The van der Waals surface area contributed by atoms with Crippen LogP contribution >= 0.6 is 11.8 Å². The fraction of sp³-hybridized carbons (Fsp3) is 0.467. The molecule has 28 heavy (non-hydrogen) atoms. The van der Waals surface area contributed by atoms with Crippen LogP contribution in [-0.2, 0) is 19.9 Å². The number of carbonyl (C=O) groups is 3. The number of pyridine rings is 1. The molecule has 3 heterocycles. The molecule has 152 valence electrons. The summed E-state index contributed by atoms with van der Waals surface area (Å²) in [5, 5.41) is 3.15. The summed E-state index contributed by atoms with van der Waals surface area (Å²) in [6, 6.07) is 1.63. The number of thioether (sulfide) groups is 1. The average Bonchev–Trinajstić information content (AvgIpc) is 3.02. The number of amides is 3. The molecule has 13 heteroatoms. The van der Waals surface area contributed by atoms with Crippen molar-refractivity contribution in [3.8, 4) is 0 Å². The molecule has 1 unspecified atom stereocenters. The molecule has 0 saturated carbocycles. The molecule has 2 atom stereocenters. The van der Waals surface area contributed by atoms with Gasteiger partial charge in [0.2, 0.25) is 5.91 Å². The van der Waals surface area contributed by atoms with E-state index in [4.69, 9.17) is 10.3 Å². The van der Waals surface area contributed by atoms with E-state index < -0.39 is 28.3 Å². The average molecular weight is 429 g/mol. The van der Waals surface area contributed by atoms with Gasteiger partial charge in [0, 0.05) is 25.8 Å². The fourth-order valence-corrected chi connectivity index (χ4v) is 4.83. The topological polar surface area (TPSA) is 163 Å². The first-order valence-corrected chi connectivity index (χ1v) is 10.8. The maximum Gasteiger partial charge on any atom is 0.362 e. The van der Waals surface area contributed by atoms with E-state index in [1.807, 2.05) is 0 Å². The van der Waals surface area contributed by atoms with Gasteiger partial charge >= 0.3 is 10.3 Å². The largest absolute Gasteiger partial charge is 0.362 e. The number of fused-ring (bicyclic) bond motifs is 1. The Balaban J connectivity index is 1.54. The Bertz CT molecular complexity index is 891. The van der Waals surface area contributed by atoms with Gasteiger partial charge in [-0.1, -0.05) is 11.8 Å². The van der Waals surface area contributed by atoms with Crippen molar-refractivity contribution < 1.29 is 27.4 Å². The lowest BCUT2D eigenvalue weighted by Crippen LogP contribution is -2.68. The van der Waals surface area contributed by atoms with E-state index in [0.717, 1.165) is 11.8 Å². The zero-order valence-electron chi connectivity index (χ0n) is 14.6. The highest BCUT2D eigenvalue weighted by Gasteiger charge is 2.59. The molecule has 2 aliphatic heterocycles. The van der Waals surface area contributed by atoms with Gasteiger partial charge in [0.05, 0.1) is 22.4 Å². The van der Waals surface area contributed by atoms with Crippen LogP contribution in [0, 0.1) is 0 Å². The second-order valence-electron chi connectivity index (χ2n) is 6.22. The number of nitrogens with one attached hydrogen (secondary N) is 1. The normalized spacial score (nSPS) is 21.3. The van der Waals surface area contributed by atoms with Crippen LogP contribution in [0.3, 0.4) is 0 Å². The number of hydrogen-bond acceptors (Lipinski definition) is 8. The van der Waals surface area contributed by atoms with Crippen LogP contribution in [-0.4, -0.2) is 82.4 Å². The van der Waals surface area contributed by atoms with Crippen LogP contribution in [0.4, 0.5) is 0 Å². The van der Waals surface area contributed by atoms with Crippen LogP contribution in [0.25, 0.3) is 0 Å². The van der Waals surface area contributed by atoms with Crippen molar-refractivity contribution in [3.05, 3.63) is 23.9 Å².